The normalized spacial score (nSPS) is 38.2. The van der Waals surface area contributed by atoms with Crippen molar-refractivity contribution < 1.29 is 9.63 Å². The Hall–Kier alpha value is -1.13. The van der Waals surface area contributed by atoms with Crippen molar-refractivity contribution in [3.8, 4) is 0 Å². The molecule has 12 heavy (non-hydrogen) atoms. The van der Waals surface area contributed by atoms with Crippen LogP contribution in [0.15, 0.2) is 24.3 Å². The Morgan fingerprint density at radius 1 is 1.42 bits per heavy atom. The lowest BCUT2D eigenvalue weighted by molar-refractivity contribution is -0.130. The molecule has 0 bridgehead atoms. The zero-order valence-electron chi connectivity index (χ0n) is 6.44. The summed E-state index contributed by atoms with van der Waals surface area (Å²) < 4.78 is 0. The molecular formula is C8H10N2O2. The SMILES string of the molecule is NC(=O)C1ONC2C=CC=CC21. The lowest BCUT2D eigenvalue weighted by Crippen LogP contribution is -2.34. The van der Waals surface area contributed by atoms with Crippen LogP contribution in [-0.4, -0.2) is 18.1 Å². The number of hydroxylamine groups is 1. The fraction of sp³-hybridized carbons (Fsp3) is 0.375. The quantitative estimate of drug-likeness (QED) is 0.551. The number of amides is 1. The van der Waals surface area contributed by atoms with Gasteiger partial charge in [-0.1, -0.05) is 24.3 Å². The number of nitrogens with two attached hydrogens (primary N) is 1. The van der Waals surface area contributed by atoms with Crippen molar-refractivity contribution in [1.82, 2.24) is 5.48 Å². The van der Waals surface area contributed by atoms with Gasteiger partial charge in [0.05, 0.1) is 6.04 Å². The van der Waals surface area contributed by atoms with Gasteiger partial charge in [0.2, 0.25) is 5.91 Å². The summed E-state index contributed by atoms with van der Waals surface area (Å²) in [5, 5.41) is 0. The Morgan fingerprint density at radius 2 is 2.17 bits per heavy atom. The van der Waals surface area contributed by atoms with Crippen LogP contribution >= 0.6 is 0 Å². The van der Waals surface area contributed by atoms with Crippen molar-refractivity contribution in [2.24, 2.45) is 11.7 Å². The molecule has 1 aliphatic carbocycles. The molecule has 0 radical (unpaired) electrons. The fourth-order valence-electron chi connectivity index (χ4n) is 1.51. The lowest BCUT2D eigenvalue weighted by atomic mass is 9.91. The first-order valence-corrected chi connectivity index (χ1v) is 3.84. The van der Waals surface area contributed by atoms with E-state index in [9.17, 15) is 4.79 Å². The Balaban J connectivity index is 2.18. The number of allylic oxidation sites excluding steroid dienone is 2. The van der Waals surface area contributed by atoms with Gasteiger partial charge in [-0.25, -0.2) is 0 Å². The van der Waals surface area contributed by atoms with Crippen LogP contribution in [0.25, 0.3) is 0 Å². The van der Waals surface area contributed by atoms with Gasteiger partial charge in [-0.05, 0) is 0 Å². The molecule has 1 heterocycles. The second kappa shape index (κ2) is 2.73. The van der Waals surface area contributed by atoms with E-state index in [0.717, 1.165) is 0 Å². The first kappa shape index (κ1) is 7.52. The summed E-state index contributed by atoms with van der Waals surface area (Å²) in [7, 11) is 0. The van der Waals surface area contributed by atoms with Crippen molar-refractivity contribution >= 4 is 5.91 Å². The molecule has 1 aliphatic heterocycles. The monoisotopic (exact) mass is 166 g/mol. The highest BCUT2D eigenvalue weighted by Gasteiger charge is 2.38. The number of primary amides is 1. The van der Waals surface area contributed by atoms with Crippen molar-refractivity contribution in [2.75, 3.05) is 0 Å². The molecule has 4 nitrogen and oxygen atoms in total. The first-order valence-electron chi connectivity index (χ1n) is 3.84. The molecule has 4 heteroatoms. The smallest absolute Gasteiger partial charge is 0.249 e. The summed E-state index contributed by atoms with van der Waals surface area (Å²) in [6.07, 6.45) is 7.17. The van der Waals surface area contributed by atoms with Crippen molar-refractivity contribution in [3.05, 3.63) is 24.3 Å². The molecule has 2 aliphatic rings. The molecule has 0 aromatic rings. The van der Waals surface area contributed by atoms with Gasteiger partial charge in [0.15, 0.2) is 6.10 Å². The molecule has 3 N–H and O–H groups in total. The Bertz CT molecular complexity index is 260. The number of fused-ring (bicyclic) bond motifs is 1. The maximum Gasteiger partial charge on any atom is 0.249 e. The van der Waals surface area contributed by atoms with Crippen LogP contribution < -0.4 is 11.2 Å². The minimum atomic E-state index is -0.531. The second-order valence-electron chi connectivity index (χ2n) is 2.93. The molecular weight excluding hydrogens is 156 g/mol. The maximum absolute atomic E-state index is 10.9. The molecule has 0 saturated carbocycles. The minimum absolute atomic E-state index is 0.0486. The minimum Gasteiger partial charge on any atom is -0.367 e. The van der Waals surface area contributed by atoms with E-state index in [1.807, 2.05) is 24.3 Å². The van der Waals surface area contributed by atoms with Gasteiger partial charge in [0.1, 0.15) is 0 Å². The van der Waals surface area contributed by atoms with E-state index in [1.54, 1.807) is 0 Å². The second-order valence-corrected chi connectivity index (χ2v) is 2.93. The first-order chi connectivity index (χ1) is 5.79. The summed E-state index contributed by atoms with van der Waals surface area (Å²) in [6.45, 7) is 0. The van der Waals surface area contributed by atoms with Gasteiger partial charge in [0, 0.05) is 5.92 Å². The third-order valence-corrected chi connectivity index (χ3v) is 2.14. The third kappa shape index (κ3) is 1.05. The van der Waals surface area contributed by atoms with E-state index in [4.69, 9.17) is 10.6 Å². The average molecular weight is 166 g/mol. The predicted octanol–water partition coefficient (Wildman–Crippen LogP) is -0.514. The van der Waals surface area contributed by atoms with Crippen LogP contribution in [0.5, 0.6) is 0 Å². The van der Waals surface area contributed by atoms with E-state index < -0.39 is 12.0 Å². The third-order valence-electron chi connectivity index (χ3n) is 2.14. The molecule has 0 aromatic heterocycles. The van der Waals surface area contributed by atoms with Gasteiger partial charge in [-0.3, -0.25) is 9.63 Å². The summed E-state index contributed by atoms with van der Waals surface area (Å²) in [6, 6.07) is 0.0903. The van der Waals surface area contributed by atoms with Crippen LogP contribution in [0.3, 0.4) is 0 Å². The van der Waals surface area contributed by atoms with Gasteiger partial charge >= 0.3 is 0 Å². The van der Waals surface area contributed by atoms with Crippen LogP contribution in [0, 0.1) is 5.92 Å². The standard InChI is InChI=1S/C8H10N2O2/c9-8(11)7-5-3-1-2-4-6(5)10-12-7/h1-7,10H,(H2,9,11). The number of nitrogens with one attached hydrogen (secondary N) is 1. The van der Waals surface area contributed by atoms with Gasteiger partial charge < -0.3 is 5.73 Å². The topological polar surface area (TPSA) is 64.4 Å². The molecule has 0 aromatic carbocycles. The fourth-order valence-corrected chi connectivity index (χ4v) is 1.51. The molecule has 0 spiro atoms. The number of hydrogen-bond donors (Lipinski definition) is 2. The largest absolute Gasteiger partial charge is 0.367 e. The van der Waals surface area contributed by atoms with Crippen molar-refractivity contribution in [2.45, 2.75) is 12.1 Å². The van der Waals surface area contributed by atoms with Gasteiger partial charge in [-0.2, -0.15) is 5.48 Å². The van der Waals surface area contributed by atoms with Crippen molar-refractivity contribution in [3.63, 3.8) is 0 Å². The lowest BCUT2D eigenvalue weighted by Gasteiger charge is -2.14. The van der Waals surface area contributed by atoms with E-state index in [1.165, 1.54) is 0 Å². The van der Waals surface area contributed by atoms with Gasteiger partial charge in [0.25, 0.3) is 0 Å². The highest BCUT2D eigenvalue weighted by atomic mass is 16.7. The Labute approximate surface area is 70.0 Å². The van der Waals surface area contributed by atoms with Crippen LogP contribution in [-0.2, 0) is 9.63 Å². The van der Waals surface area contributed by atoms with Crippen molar-refractivity contribution in [1.29, 1.82) is 0 Å². The number of carbonyl (C=O) groups is 1. The number of rotatable bonds is 1. The summed E-state index contributed by atoms with van der Waals surface area (Å²) in [5.74, 6) is -0.373. The molecule has 2 rings (SSSR count). The van der Waals surface area contributed by atoms with E-state index in [2.05, 4.69) is 5.48 Å². The zero-order chi connectivity index (χ0) is 8.55. The molecule has 1 amide bonds. The van der Waals surface area contributed by atoms with Crippen LogP contribution in [0.2, 0.25) is 0 Å². The molecule has 1 saturated heterocycles. The Morgan fingerprint density at radius 3 is 2.92 bits per heavy atom. The van der Waals surface area contributed by atoms with E-state index in [0.29, 0.717) is 0 Å². The average Bonchev–Trinajstić information content (AvgIpc) is 2.47. The summed E-state index contributed by atoms with van der Waals surface area (Å²) in [5.41, 5.74) is 7.89. The summed E-state index contributed by atoms with van der Waals surface area (Å²) >= 11 is 0. The Kier molecular flexibility index (Phi) is 1.71. The zero-order valence-corrected chi connectivity index (χ0v) is 6.44. The highest BCUT2D eigenvalue weighted by molar-refractivity contribution is 5.80. The van der Waals surface area contributed by atoms with Gasteiger partial charge in [-0.15, -0.1) is 0 Å². The molecule has 3 atom stereocenters. The number of hydrogen-bond acceptors (Lipinski definition) is 3. The maximum atomic E-state index is 10.9. The molecule has 3 unspecified atom stereocenters. The summed E-state index contributed by atoms with van der Waals surface area (Å²) in [4.78, 5) is 15.9. The number of carbonyl (C=O) groups excluding carboxylic acids is 1. The molecule has 64 valence electrons. The van der Waals surface area contributed by atoms with E-state index in [-0.39, 0.29) is 12.0 Å². The van der Waals surface area contributed by atoms with E-state index >= 15 is 0 Å². The predicted molar refractivity (Wildman–Crippen MR) is 42.8 cm³/mol. The molecule has 1 fully saturated rings. The highest BCUT2D eigenvalue weighted by Crippen LogP contribution is 2.24. The van der Waals surface area contributed by atoms with Crippen LogP contribution in [0.4, 0.5) is 0 Å². The van der Waals surface area contributed by atoms with Crippen LogP contribution in [0.1, 0.15) is 0 Å².